The van der Waals surface area contributed by atoms with Crippen LogP contribution in [0.3, 0.4) is 0 Å². The fourth-order valence-corrected chi connectivity index (χ4v) is 2.88. The van der Waals surface area contributed by atoms with Crippen LogP contribution in [-0.2, 0) is 4.74 Å². The van der Waals surface area contributed by atoms with E-state index in [1.165, 1.54) is 19.3 Å². The molecule has 1 N–H and O–H groups in total. The number of hydrogen-bond donors (Lipinski definition) is 1. The van der Waals surface area contributed by atoms with Gasteiger partial charge in [-0.1, -0.05) is 67.2 Å². The molecule has 0 heterocycles. The summed E-state index contributed by atoms with van der Waals surface area (Å²) in [6, 6.07) is 0. The average Bonchev–Trinajstić information content (AvgIpc) is 2.47. The predicted molar refractivity (Wildman–Crippen MR) is 102 cm³/mol. The first-order valence-electron chi connectivity index (χ1n) is 9.74. The maximum absolute atomic E-state index is 10.1. The fraction of sp³-hybridized carbons (Fsp3) is 1.00. The van der Waals surface area contributed by atoms with Crippen molar-refractivity contribution in [2.24, 2.45) is 16.7 Å². The van der Waals surface area contributed by atoms with Crippen molar-refractivity contribution in [1.29, 1.82) is 0 Å². The van der Waals surface area contributed by atoms with Gasteiger partial charge in [-0.05, 0) is 49.4 Å². The lowest BCUT2D eigenvalue weighted by molar-refractivity contribution is 0.0142. The standard InChI is InChI=1S/C21H44O2/c1-17(2)20(4,5)15-11-9-13-19(22)14-10-12-16-21(6,7)18(3)23-8/h17-19,22H,9-16H2,1-8H3. The lowest BCUT2D eigenvalue weighted by Crippen LogP contribution is -2.28. The molecule has 0 fully saturated rings. The summed E-state index contributed by atoms with van der Waals surface area (Å²) >= 11 is 0. The number of rotatable bonds is 13. The number of hydrogen-bond acceptors (Lipinski definition) is 2. The Bertz CT molecular complexity index is 294. The molecule has 0 aliphatic heterocycles. The first-order chi connectivity index (χ1) is 10.5. The van der Waals surface area contributed by atoms with Crippen LogP contribution >= 0.6 is 0 Å². The van der Waals surface area contributed by atoms with Crippen LogP contribution in [0, 0.1) is 16.7 Å². The summed E-state index contributed by atoms with van der Waals surface area (Å²) < 4.78 is 5.45. The van der Waals surface area contributed by atoms with Crippen LogP contribution in [0.2, 0.25) is 0 Å². The Morgan fingerprint density at radius 3 is 1.61 bits per heavy atom. The minimum absolute atomic E-state index is 0.111. The molecule has 0 amide bonds. The van der Waals surface area contributed by atoms with Gasteiger partial charge in [0.15, 0.2) is 0 Å². The number of methoxy groups -OCH3 is 1. The van der Waals surface area contributed by atoms with Crippen LogP contribution in [0.25, 0.3) is 0 Å². The Labute approximate surface area is 146 Å². The highest BCUT2D eigenvalue weighted by atomic mass is 16.5. The number of aliphatic hydroxyl groups is 1. The lowest BCUT2D eigenvalue weighted by atomic mass is 9.77. The van der Waals surface area contributed by atoms with E-state index in [4.69, 9.17) is 4.74 Å². The Morgan fingerprint density at radius 1 is 0.783 bits per heavy atom. The molecule has 23 heavy (non-hydrogen) atoms. The van der Waals surface area contributed by atoms with E-state index in [9.17, 15) is 5.11 Å². The van der Waals surface area contributed by atoms with Gasteiger partial charge in [0.1, 0.15) is 0 Å². The van der Waals surface area contributed by atoms with E-state index in [2.05, 4.69) is 48.5 Å². The largest absolute Gasteiger partial charge is 0.393 e. The first-order valence-corrected chi connectivity index (χ1v) is 9.74. The van der Waals surface area contributed by atoms with E-state index in [0.717, 1.165) is 38.0 Å². The van der Waals surface area contributed by atoms with E-state index < -0.39 is 0 Å². The van der Waals surface area contributed by atoms with Crippen molar-refractivity contribution in [3.63, 3.8) is 0 Å². The van der Waals surface area contributed by atoms with Gasteiger partial charge >= 0.3 is 0 Å². The van der Waals surface area contributed by atoms with Gasteiger partial charge in [0.05, 0.1) is 12.2 Å². The molecule has 2 atom stereocenters. The zero-order chi connectivity index (χ0) is 18.1. The molecule has 0 radical (unpaired) electrons. The molecule has 0 aromatic heterocycles. The van der Waals surface area contributed by atoms with Crippen molar-refractivity contribution in [3.8, 4) is 0 Å². The third kappa shape index (κ3) is 9.72. The molecule has 0 aromatic carbocycles. The van der Waals surface area contributed by atoms with E-state index in [-0.39, 0.29) is 17.6 Å². The highest BCUT2D eigenvalue weighted by Gasteiger charge is 2.25. The third-order valence-electron chi connectivity index (χ3n) is 6.23. The summed E-state index contributed by atoms with van der Waals surface area (Å²) in [5.74, 6) is 0.727. The van der Waals surface area contributed by atoms with Crippen molar-refractivity contribution in [2.45, 2.75) is 112 Å². The number of unbranched alkanes of at least 4 members (excludes halogenated alkanes) is 2. The van der Waals surface area contributed by atoms with E-state index in [1.807, 2.05) is 0 Å². The van der Waals surface area contributed by atoms with Gasteiger partial charge in [-0.3, -0.25) is 0 Å². The molecule has 0 aliphatic rings. The molecule has 140 valence electrons. The molecule has 2 heteroatoms. The molecular weight excluding hydrogens is 284 g/mol. The van der Waals surface area contributed by atoms with Gasteiger partial charge in [0.25, 0.3) is 0 Å². The van der Waals surface area contributed by atoms with Crippen LogP contribution in [0.15, 0.2) is 0 Å². The van der Waals surface area contributed by atoms with Crippen molar-refractivity contribution >= 4 is 0 Å². The van der Waals surface area contributed by atoms with Crippen molar-refractivity contribution in [2.75, 3.05) is 7.11 Å². The molecule has 0 aromatic rings. The molecule has 2 unspecified atom stereocenters. The quantitative estimate of drug-likeness (QED) is 0.407. The second-order valence-electron chi connectivity index (χ2n) is 9.16. The summed E-state index contributed by atoms with van der Waals surface area (Å²) in [5.41, 5.74) is 0.650. The maximum atomic E-state index is 10.1. The monoisotopic (exact) mass is 328 g/mol. The molecule has 0 saturated heterocycles. The minimum atomic E-state index is -0.111. The maximum Gasteiger partial charge on any atom is 0.0594 e. The second kappa shape index (κ2) is 10.7. The SMILES string of the molecule is COC(C)C(C)(C)CCCCC(O)CCCCC(C)(C)C(C)C. The number of ether oxygens (including phenoxy) is 1. The smallest absolute Gasteiger partial charge is 0.0594 e. The van der Waals surface area contributed by atoms with Gasteiger partial charge in [-0.25, -0.2) is 0 Å². The number of aliphatic hydroxyl groups excluding tert-OH is 1. The van der Waals surface area contributed by atoms with Crippen molar-refractivity contribution in [3.05, 3.63) is 0 Å². The van der Waals surface area contributed by atoms with Gasteiger partial charge in [0, 0.05) is 7.11 Å². The summed E-state index contributed by atoms with van der Waals surface area (Å²) in [6.07, 6.45) is 9.21. The van der Waals surface area contributed by atoms with Crippen LogP contribution in [0.4, 0.5) is 0 Å². The van der Waals surface area contributed by atoms with E-state index in [1.54, 1.807) is 7.11 Å². The zero-order valence-electron chi connectivity index (χ0n) is 17.2. The fourth-order valence-electron chi connectivity index (χ4n) is 2.88. The van der Waals surface area contributed by atoms with Crippen LogP contribution in [0.5, 0.6) is 0 Å². The van der Waals surface area contributed by atoms with Gasteiger partial charge in [-0.15, -0.1) is 0 Å². The summed E-state index contributed by atoms with van der Waals surface area (Å²) in [5, 5.41) is 10.1. The highest BCUT2D eigenvalue weighted by molar-refractivity contribution is 4.76. The van der Waals surface area contributed by atoms with Gasteiger partial charge in [-0.2, -0.15) is 0 Å². The molecule has 0 bridgehead atoms. The van der Waals surface area contributed by atoms with E-state index in [0.29, 0.717) is 5.41 Å². The Hall–Kier alpha value is -0.0800. The topological polar surface area (TPSA) is 29.5 Å². The highest BCUT2D eigenvalue weighted by Crippen LogP contribution is 2.32. The third-order valence-corrected chi connectivity index (χ3v) is 6.23. The Kier molecular flexibility index (Phi) is 10.7. The Morgan fingerprint density at radius 2 is 1.22 bits per heavy atom. The first kappa shape index (κ1) is 22.9. The van der Waals surface area contributed by atoms with Crippen LogP contribution < -0.4 is 0 Å². The summed E-state index contributed by atoms with van der Waals surface area (Å²) in [6.45, 7) is 16.0. The summed E-state index contributed by atoms with van der Waals surface area (Å²) in [7, 11) is 1.79. The van der Waals surface area contributed by atoms with E-state index >= 15 is 0 Å². The average molecular weight is 329 g/mol. The molecule has 0 aliphatic carbocycles. The minimum Gasteiger partial charge on any atom is -0.393 e. The molecule has 0 spiro atoms. The van der Waals surface area contributed by atoms with Gasteiger partial charge in [0.2, 0.25) is 0 Å². The molecule has 0 saturated carbocycles. The van der Waals surface area contributed by atoms with Crippen LogP contribution in [-0.4, -0.2) is 24.4 Å². The zero-order valence-corrected chi connectivity index (χ0v) is 17.2. The Balaban J connectivity index is 3.75. The molecule has 2 nitrogen and oxygen atoms in total. The second-order valence-corrected chi connectivity index (χ2v) is 9.16. The van der Waals surface area contributed by atoms with Crippen LogP contribution in [0.1, 0.15) is 99.8 Å². The predicted octanol–water partition coefficient (Wildman–Crippen LogP) is 6.21. The normalized spacial score (nSPS) is 15.9. The summed E-state index contributed by atoms with van der Waals surface area (Å²) in [4.78, 5) is 0. The van der Waals surface area contributed by atoms with Gasteiger partial charge < -0.3 is 9.84 Å². The molecule has 0 rings (SSSR count). The lowest BCUT2D eigenvalue weighted by Gasteiger charge is -2.30. The van der Waals surface area contributed by atoms with Crippen molar-refractivity contribution < 1.29 is 9.84 Å². The van der Waals surface area contributed by atoms with Crippen molar-refractivity contribution in [1.82, 2.24) is 0 Å². The molecular formula is C21H44O2.